The van der Waals surface area contributed by atoms with Gasteiger partial charge in [0, 0.05) is 55.8 Å². The number of hydrogen-bond donors (Lipinski definition) is 6. The summed E-state index contributed by atoms with van der Waals surface area (Å²) in [6, 6.07) is 9.84. The summed E-state index contributed by atoms with van der Waals surface area (Å²) in [5, 5.41) is 34.0. The van der Waals surface area contributed by atoms with E-state index in [0.717, 1.165) is 16.0 Å². The summed E-state index contributed by atoms with van der Waals surface area (Å²) in [5.41, 5.74) is 3.63. The zero-order valence-electron chi connectivity index (χ0n) is 51.9. The van der Waals surface area contributed by atoms with Crippen molar-refractivity contribution in [3.63, 3.8) is 0 Å². The predicted octanol–water partition coefficient (Wildman–Crippen LogP) is 6.48. The van der Waals surface area contributed by atoms with Crippen LogP contribution < -0.4 is 45.1 Å². The van der Waals surface area contributed by atoms with Crippen LogP contribution in [-0.2, 0) is 44.7 Å². The number of nitrogens with zero attached hydrogens (tertiary/aromatic N) is 4. The van der Waals surface area contributed by atoms with Crippen LogP contribution in [0.1, 0.15) is 86.6 Å². The third kappa shape index (κ3) is 19.3. The molecular formula is C64H83IN8O17. The van der Waals surface area contributed by atoms with E-state index < -0.39 is 54.4 Å². The lowest BCUT2D eigenvalue weighted by molar-refractivity contribution is -0.129. The highest BCUT2D eigenvalue weighted by Crippen LogP contribution is 2.43. The summed E-state index contributed by atoms with van der Waals surface area (Å²) < 4.78 is 52.0. The Morgan fingerprint density at radius 3 is 1.94 bits per heavy atom. The number of rotatable bonds is 35. The molecule has 1 unspecified atom stereocenters. The van der Waals surface area contributed by atoms with Crippen molar-refractivity contribution in [2.45, 2.75) is 104 Å². The van der Waals surface area contributed by atoms with Crippen LogP contribution in [0.25, 0.3) is 0 Å². The minimum atomic E-state index is -1.57. The maximum atomic E-state index is 14.4. The molecule has 25 nitrogen and oxygen atoms in total. The van der Waals surface area contributed by atoms with Crippen LogP contribution in [0.4, 0.5) is 21.9 Å². The Labute approximate surface area is 538 Å². The number of fused-ring (bicyclic) bond motifs is 4. The Morgan fingerprint density at radius 1 is 0.733 bits per heavy atom. The highest BCUT2D eigenvalue weighted by atomic mass is 127. The second-order valence-corrected chi connectivity index (χ2v) is 22.4. The smallest absolute Gasteiger partial charge is 0.416 e. The highest BCUT2D eigenvalue weighted by Gasteiger charge is 2.45. The first kappa shape index (κ1) is 70.0. The molecule has 3 aromatic rings. The van der Waals surface area contributed by atoms with Crippen molar-refractivity contribution >= 4 is 81.5 Å². The Hall–Kier alpha value is -7.44. The van der Waals surface area contributed by atoms with E-state index in [1.807, 2.05) is 80.8 Å². The summed E-state index contributed by atoms with van der Waals surface area (Å²) >= 11 is 1.99. The number of nitrogens with one attached hydrogen (secondary N) is 4. The van der Waals surface area contributed by atoms with E-state index in [1.165, 1.54) is 38.2 Å². The van der Waals surface area contributed by atoms with Crippen LogP contribution in [0.15, 0.2) is 101 Å². The number of methoxy groups -OCH3 is 2. The van der Waals surface area contributed by atoms with Crippen molar-refractivity contribution in [2.24, 2.45) is 10.9 Å². The molecule has 7 rings (SSSR count). The number of aliphatic imine (C=N–C) groups is 1. The molecule has 0 radical (unpaired) electrons. The second kappa shape index (κ2) is 35.2. The van der Waals surface area contributed by atoms with Gasteiger partial charge in [0.2, 0.25) is 17.7 Å². The maximum absolute atomic E-state index is 14.4. The van der Waals surface area contributed by atoms with Crippen molar-refractivity contribution in [1.29, 1.82) is 0 Å². The number of halogens is 1. The summed E-state index contributed by atoms with van der Waals surface area (Å²) in [6.07, 6.45) is 10.7. The first-order chi connectivity index (χ1) is 43.5. The number of carbonyl (C=O) groups is 6. The van der Waals surface area contributed by atoms with Crippen molar-refractivity contribution in [3.8, 4) is 23.0 Å². The Bertz CT molecular complexity index is 3120. The van der Waals surface area contributed by atoms with E-state index in [4.69, 9.17) is 42.6 Å². The van der Waals surface area contributed by atoms with Gasteiger partial charge in [-0.25, -0.2) is 9.69 Å². The van der Waals surface area contributed by atoms with Crippen LogP contribution >= 0.6 is 22.6 Å². The van der Waals surface area contributed by atoms with Crippen molar-refractivity contribution in [3.05, 3.63) is 113 Å². The lowest BCUT2D eigenvalue weighted by Gasteiger charge is -2.31. The first-order valence-electron chi connectivity index (χ1n) is 30.0. The zero-order valence-corrected chi connectivity index (χ0v) is 54.1. The minimum Gasteiger partial charge on any atom is -0.493 e. The summed E-state index contributed by atoms with van der Waals surface area (Å²) in [6.45, 7) is 12.2. The van der Waals surface area contributed by atoms with Crippen LogP contribution in [0.3, 0.4) is 0 Å². The fourth-order valence-corrected chi connectivity index (χ4v) is 10.4. The minimum absolute atomic E-state index is 0.0266. The Kier molecular flexibility index (Phi) is 27.4. The molecule has 0 bridgehead atoms. The molecule has 3 aromatic carbocycles. The SMILES string of the molecule is C/C=C/C1=CN2C(=O)c3cc(OC)c(OCCCOc4cc5c(cc4OC)C(=O)N4C=C(/C=C/C)C[C@H]4[C@H](O)N5C(=O)OCc4ccc(NC(=O)[C@H](C)NC(=O)[C@@H](NC(O)CCOCCOCCOCCOCCNC(=O)CI)C(C)C)cc4)cc3N=C[C@@H]2C1. The third-order valence-electron chi connectivity index (χ3n) is 14.7. The lowest BCUT2D eigenvalue weighted by atomic mass is 10.0. The highest BCUT2D eigenvalue weighted by molar-refractivity contribution is 14.1. The standard InChI is InChI=1S/C64H83IN8O17/c1-8-11-43-29-46-36-67-49-33-54(52(82-6)31-47(49)61(78)71(46)37-43)88-19-10-20-89-55-34-50-48(32-53(55)83-7)62(79)72-38-44(12-9-2)30-51(72)63(80)73(50)64(81)90-39-42-13-15-45(16-14-42)69-59(76)41(5)68-60(77)58(40(3)4)70-56(74)17-21-84-23-25-86-27-28-87-26-24-85-22-18-66-57(75)35-65/h8-9,11-16,31-34,36-38,40-41,46,51,56,58,63,70,74,80H,10,17-30,35,39H2,1-7H3,(H,66,75)(H,68,77)(H,69,76)/b11-8+,12-9+/t41-,46-,51-,56?,58-,63-/m0/s1. The molecule has 488 valence electrons. The van der Waals surface area contributed by atoms with Crippen LogP contribution in [0.2, 0.25) is 0 Å². The van der Waals surface area contributed by atoms with E-state index in [2.05, 4.69) is 26.3 Å². The number of anilines is 2. The molecule has 26 heteroatoms. The van der Waals surface area contributed by atoms with Gasteiger partial charge in [0.1, 0.15) is 18.9 Å². The van der Waals surface area contributed by atoms with Crippen LogP contribution in [0.5, 0.6) is 23.0 Å². The van der Waals surface area contributed by atoms with Gasteiger partial charge in [-0.15, -0.1) is 0 Å². The number of benzene rings is 3. The van der Waals surface area contributed by atoms with Crippen LogP contribution in [-0.4, -0.2) is 190 Å². The van der Waals surface area contributed by atoms with Crippen molar-refractivity contribution < 1.29 is 81.6 Å². The molecule has 0 aromatic heterocycles. The molecule has 90 heavy (non-hydrogen) atoms. The fourth-order valence-electron chi connectivity index (χ4n) is 10.1. The predicted molar refractivity (Wildman–Crippen MR) is 344 cm³/mol. The molecule has 4 aliphatic rings. The van der Waals surface area contributed by atoms with E-state index >= 15 is 0 Å². The third-order valence-corrected chi connectivity index (χ3v) is 15.4. The second-order valence-electron chi connectivity index (χ2n) is 21.6. The van der Waals surface area contributed by atoms with Gasteiger partial charge in [-0.1, -0.05) is 72.9 Å². The van der Waals surface area contributed by atoms with E-state index in [-0.39, 0.29) is 85.8 Å². The molecule has 6 atom stereocenters. The molecule has 0 saturated heterocycles. The molecule has 0 fully saturated rings. The van der Waals surface area contributed by atoms with Crippen LogP contribution in [0, 0.1) is 5.92 Å². The average molecular weight is 1360 g/mol. The summed E-state index contributed by atoms with van der Waals surface area (Å²) in [7, 11) is 2.92. The summed E-state index contributed by atoms with van der Waals surface area (Å²) in [4.78, 5) is 89.2. The van der Waals surface area contributed by atoms with Gasteiger partial charge in [-0.05, 0) is 80.5 Å². The first-order valence-corrected chi connectivity index (χ1v) is 31.5. The molecule has 6 amide bonds. The quantitative estimate of drug-likeness (QED) is 0.0159. The van der Waals surface area contributed by atoms with E-state index in [0.29, 0.717) is 104 Å². The molecule has 0 saturated carbocycles. The number of ether oxygens (including phenoxy) is 9. The fraction of sp³-hybridized carbons (Fsp3) is 0.484. The molecule has 6 N–H and O–H groups in total. The molecule has 4 aliphatic heterocycles. The number of aliphatic hydroxyl groups is 2. The van der Waals surface area contributed by atoms with Gasteiger partial charge in [0.25, 0.3) is 11.8 Å². The van der Waals surface area contributed by atoms with Crippen molar-refractivity contribution in [1.82, 2.24) is 25.8 Å². The number of hydrogen-bond acceptors (Lipinski definition) is 19. The van der Waals surface area contributed by atoms with Gasteiger partial charge < -0.3 is 78.6 Å². The van der Waals surface area contributed by atoms with E-state index in [1.54, 1.807) is 53.7 Å². The Morgan fingerprint density at radius 2 is 1.32 bits per heavy atom. The topological polar surface area (TPSA) is 296 Å². The number of amides is 6. The molecule has 0 spiro atoms. The van der Waals surface area contributed by atoms with Gasteiger partial charge in [-0.3, -0.25) is 34.3 Å². The van der Waals surface area contributed by atoms with Gasteiger partial charge in [0.15, 0.2) is 29.2 Å². The molecule has 0 aliphatic carbocycles. The zero-order chi connectivity index (χ0) is 64.7. The lowest BCUT2D eigenvalue weighted by Crippen LogP contribution is -2.54. The van der Waals surface area contributed by atoms with Gasteiger partial charge in [0.05, 0.1) is 125 Å². The number of alkyl halides is 1. The normalized spacial score (nSPS) is 17.8. The molecule has 4 heterocycles. The van der Waals surface area contributed by atoms with E-state index in [9.17, 15) is 39.0 Å². The largest absolute Gasteiger partial charge is 0.493 e. The molecular weight excluding hydrogens is 1280 g/mol. The van der Waals surface area contributed by atoms with Crippen molar-refractivity contribution in [2.75, 3.05) is 101 Å². The monoisotopic (exact) mass is 1360 g/mol. The average Bonchev–Trinajstić information content (AvgIpc) is 1.62. The maximum Gasteiger partial charge on any atom is 0.416 e. The van der Waals surface area contributed by atoms with Gasteiger partial charge >= 0.3 is 6.09 Å². The Balaban J connectivity index is 0.888. The number of aliphatic hydroxyl groups excluding tert-OH is 2. The number of carbonyl (C=O) groups excluding carboxylic acids is 6. The summed E-state index contributed by atoms with van der Waals surface area (Å²) in [5.74, 6) is -0.843. The van der Waals surface area contributed by atoms with Gasteiger partial charge in [-0.2, -0.15) is 0 Å². The number of allylic oxidation sites excluding steroid dienone is 4.